The number of aromatic hydroxyl groups is 1. The first kappa shape index (κ1) is 15.4. The van der Waals surface area contributed by atoms with Gasteiger partial charge in [0.05, 0.1) is 0 Å². The maximum absolute atomic E-state index is 13.2. The largest absolute Gasteiger partial charge is 0.492 e. The van der Waals surface area contributed by atoms with Crippen molar-refractivity contribution in [1.29, 1.82) is 0 Å². The van der Waals surface area contributed by atoms with E-state index in [1.807, 2.05) is 12.0 Å². The van der Waals surface area contributed by atoms with Crippen LogP contribution in [0.1, 0.15) is 26.7 Å². The maximum atomic E-state index is 13.2. The second kappa shape index (κ2) is 6.51. The molecule has 6 nitrogen and oxygen atoms in total. The van der Waals surface area contributed by atoms with Crippen LogP contribution >= 0.6 is 0 Å². The normalized spacial score (nSPS) is 11.5. The fourth-order valence-corrected chi connectivity index (χ4v) is 1.63. The summed E-state index contributed by atoms with van der Waals surface area (Å²) in [6, 6.07) is 0.432. The topological polar surface area (TPSA) is 78.3 Å². The van der Waals surface area contributed by atoms with Gasteiger partial charge in [-0.1, -0.05) is 0 Å². The van der Waals surface area contributed by atoms with Crippen molar-refractivity contribution in [3.05, 3.63) is 26.7 Å². The molecule has 19 heavy (non-hydrogen) atoms. The minimum atomic E-state index is -1.32. The van der Waals surface area contributed by atoms with Crippen LogP contribution in [-0.2, 0) is 6.54 Å². The van der Waals surface area contributed by atoms with Gasteiger partial charge in [0.25, 0.3) is 5.56 Å². The van der Waals surface area contributed by atoms with Crippen molar-refractivity contribution < 1.29 is 9.50 Å². The van der Waals surface area contributed by atoms with E-state index in [4.69, 9.17) is 0 Å². The Hall–Kier alpha value is -1.63. The second-order valence-corrected chi connectivity index (χ2v) is 4.83. The van der Waals surface area contributed by atoms with E-state index in [0.29, 0.717) is 12.5 Å². The van der Waals surface area contributed by atoms with E-state index in [9.17, 15) is 19.1 Å². The van der Waals surface area contributed by atoms with Gasteiger partial charge in [-0.15, -0.1) is 0 Å². The number of hydrogen-bond acceptors (Lipinski definition) is 4. The van der Waals surface area contributed by atoms with Gasteiger partial charge in [0, 0.05) is 12.6 Å². The number of nitrogens with zero attached hydrogens (tertiary/aromatic N) is 2. The second-order valence-electron chi connectivity index (χ2n) is 4.83. The van der Waals surface area contributed by atoms with Crippen molar-refractivity contribution >= 4 is 0 Å². The molecule has 0 saturated heterocycles. The summed E-state index contributed by atoms with van der Waals surface area (Å²) >= 11 is 0. The molecule has 0 amide bonds. The number of nitrogens with one attached hydrogen (secondary N) is 1. The third kappa shape index (κ3) is 3.92. The molecule has 0 bridgehead atoms. The average molecular weight is 273 g/mol. The summed E-state index contributed by atoms with van der Waals surface area (Å²) in [4.78, 5) is 26.3. The lowest BCUT2D eigenvalue weighted by atomic mass is 10.2. The van der Waals surface area contributed by atoms with Crippen LogP contribution in [0.2, 0.25) is 0 Å². The van der Waals surface area contributed by atoms with E-state index in [-0.39, 0.29) is 6.54 Å². The molecule has 0 aliphatic heterocycles. The molecule has 1 aromatic heterocycles. The number of H-pyrrole nitrogens is 1. The minimum Gasteiger partial charge on any atom is -0.492 e. The SMILES string of the molecule is CC(C)N(C)CCCCn1c(O)c(F)c(=O)[nH]c1=O. The Balaban J connectivity index is 2.62. The van der Waals surface area contributed by atoms with Crippen LogP contribution in [0.5, 0.6) is 5.88 Å². The van der Waals surface area contributed by atoms with Crippen LogP contribution in [-0.4, -0.2) is 39.2 Å². The van der Waals surface area contributed by atoms with Crippen LogP contribution in [0.25, 0.3) is 0 Å². The predicted molar refractivity (Wildman–Crippen MR) is 69.9 cm³/mol. The molecule has 2 N–H and O–H groups in total. The lowest BCUT2D eigenvalue weighted by molar-refractivity contribution is 0.264. The van der Waals surface area contributed by atoms with Gasteiger partial charge in [-0.25, -0.2) is 4.79 Å². The summed E-state index contributed by atoms with van der Waals surface area (Å²) in [6.45, 7) is 5.17. The molecule has 0 aromatic carbocycles. The van der Waals surface area contributed by atoms with Gasteiger partial charge in [0.15, 0.2) is 0 Å². The average Bonchev–Trinajstić information content (AvgIpc) is 2.34. The first-order valence-electron chi connectivity index (χ1n) is 6.26. The van der Waals surface area contributed by atoms with E-state index < -0.39 is 22.9 Å². The molecule has 0 radical (unpaired) electrons. The van der Waals surface area contributed by atoms with Gasteiger partial charge in [-0.05, 0) is 40.3 Å². The fourth-order valence-electron chi connectivity index (χ4n) is 1.63. The molecular formula is C12H20FN3O3. The van der Waals surface area contributed by atoms with Crippen LogP contribution in [0.3, 0.4) is 0 Å². The Morgan fingerprint density at radius 3 is 2.58 bits per heavy atom. The first-order chi connectivity index (χ1) is 8.84. The minimum absolute atomic E-state index is 0.171. The smallest absolute Gasteiger partial charge is 0.331 e. The molecule has 0 aliphatic carbocycles. The van der Waals surface area contributed by atoms with Gasteiger partial charge < -0.3 is 10.0 Å². The van der Waals surface area contributed by atoms with Crippen molar-refractivity contribution in [2.24, 2.45) is 0 Å². The van der Waals surface area contributed by atoms with Crippen molar-refractivity contribution in [3.63, 3.8) is 0 Å². The molecule has 0 unspecified atom stereocenters. The Labute approximate surface area is 110 Å². The van der Waals surface area contributed by atoms with Crippen LogP contribution in [0.15, 0.2) is 9.59 Å². The highest BCUT2D eigenvalue weighted by Gasteiger charge is 2.13. The zero-order valence-electron chi connectivity index (χ0n) is 11.4. The number of aromatic amines is 1. The van der Waals surface area contributed by atoms with Crippen molar-refractivity contribution in [1.82, 2.24) is 14.5 Å². The standard InChI is InChI=1S/C12H20FN3O3/c1-8(2)15(3)6-4-5-7-16-11(18)9(13)10(17)14-12(16)19/h8,18H,4-7H2,1-3H3,(H,14,17,19). The number of halogens is 1. The Morgan fingerprint density at radius 2 is 2.00 bits per heavy atom. The zero-order valence-corrected chi connectivity index (χ0v) is 11.4. The molecule has 1 rings (SSSR count). The van der Waals surface area contributed by atoms with E-state index in [1.165, 1.54) is 0 Å². The molecule has 0 fully saturated rings. The molecule has 1 aromatic rings. The van der Waals surface area contributed by atoms with E-state index in [0.717, 1.165) is 17.5 Å². The summed E-state index contributed by atoms with van der Waals surface area (Å²) in [7, 11) is 1.99. The summed E-state index contributed by atoms with van der Waals surface area (Å²) < 4.78 is 14.0. The molecule has 0 saturated carbocycles. The summed E-state index contributed by atoms with van der Waals surface area (Å²) in [5.74, 6) is -2.22. The van der Waals surface area contributed by atoms with Gasteiger partial charge >= 0.3 is 5.69 Å². The number of rotatable bonds is 6. The third-order valence-electron chi connectivity index (χ3n) is 3.14. The lowest BCUT2D eigenvalue weighted by Gasteiger charge is -2.20. The van der Waals surface area contributed by atoms with Gasteiger partial charge in [-0.2, -0.15) is 4.39 Å². The van der Waals surface area contributed by atoms with Crippen LogP contribution < -0.4 is 11.2 Å². The lowest BCUT2D eigenvalue weighted by Crippen LogP contribution is -2.32. The Bertz CT molecular complexity index is 536. The summed E-state index contributed by atoms with van der Waals surface area (Å²) in [5, 5.41) is 9.41. The molecular weight excluding hydrogens is 253 g/mol. The predicted octanol–water partition coefficient (Wildman–Crippen LogP) is 0.502. The van der Waals surface area contributed by atoms with Gasteiger partial charge in [0.2, 0.25) is 11.7 Å². The quantitative estimate of drug-likeness (QED) is 0.740. The van der Waals surface area contributed by atoms with E-state index in [1.54, 1.807) is 0 Å². The number of aromatic nitrogens is 2. The van der Waals surface area contributed by atoms with Gasteiger partial charge in [0.1, 0.15) is 0 Å². The summed E-state index contributed by atoms with van der Waals surface area (Å²) in [6.07, 6.45) is 1.41. The number of hydrogen-bond donors (Lipinski definition) is 2. The molecule has 0 atom stereocenters. The van der Waals surface area contributed by atoms with E-state index in [2.05, 4.69) is 18.7 Å². The molecule has 0 aliphatic rings. The summed E-state index contributed by atoms with van der Waals surface area (Å²) in [5.41, 5.74) is -1.99. The van der Waals surface area contributed by atoms with Crippen molar-refractivity contribution in [2.45, 2.75) is 39.3 Å². The highest BCUT2D eigenvalue weighted by molar-refractivity contribution is 5.09. The maximum Gasteiger partial charge on any atom is 0.331 e. The molecule has 108 valence electrons. The van der Waals surface area contributed by atoms with Crippen molar-refractivity contribution in [3.8, 4) is 5.88 Å². The van der Waals surface area contributed by atoms with Gasteiger partial charge in [-0.3, -0.25) is 14.3 Å². The van der Waals surface area contributed by atoms with E-state index >= 15 is 0 Å². The molecule has 0 spiro atoms. The van der Waals surface area contributed by atoms with Crippen LogP contribution in [0, 0.1) is 5.82 Å². The highest BCUT2D eigenvalue weighted by atomic mass is 19.1. The Morgan fingerprint density at radius 1 is 1.37 bits per heavy atom. The van der Waals surface area contributed by atoms with Crippen molar-refractivity contribution in [2.75, 3.05) is 13.6 Å². The first-order valence-corrected chi connectivity index (χ1v) is 6.26. The third-order valence-corrected chi connectivity index (χ3v) is 3.14. The van der Waals surface area contributed by atoms with Crippen LogP contribution in [0.4, 0.5) is 4.39 Å². The molecule has 7 heteroatoms. The molecule has 1 heterocycles. The highest BCUT2D eigenvalue weighted by Crippen LogP contribution is 2.08. The fraction of sp³-hybridized carbons (Fsp3) is 0.667. The number of unbranched alkanes of at least 4 members (excludes halogenated alkanes) is 1. The zero-order chi connectivity index (χ0) is 14.6. The monoisotopic (exact) mass is 273 g/mol. The Kier molecular flexibility index (Phi) is 5.29.